The number of benzene rings is 3. The molecule has 0 saturated heterocycles. The standard InChI is InChI=1S/C24H19ClN2O5S2/c1-15-7-10-17(11-8-15)34(29,30)27-26-14-16-9-12-19(20(13-16)31-2)32-24(28)23-22(25)18-5-3-4-6-21(18)33-23/h3-14,27H,1-2H3. The lowest BCUT2D eigenvalue weighted by molar-refractivity contribution is 0.0735. The molecule has 1 heterocycles. The molecule has 0 aliphatic carbocycles. The summed E-state index contributed by atoms with van der Waals surface area (Å²) in [6.07, 6.45) is 1.32. The Morgan fingerprint density at radius 1 is 1.06 bits per heavy atom. The summed E-state index contributed by atoms with van der Waals surface area (Å²) in [5.41, 5.74) is 1.48. The molecule has 34 heavy (non-hydrogen) atoms. The minimum atomic E-state index is -3.79. The molecule has 0 atom stereocenters. The average molecular weight is 515 g/mol. The highest BCUT2D eigenvalue weighted by atomic mass is 35.5. The van der Waals surface area contributed by atoms with Crippen molar-refractivity contribution in [3.63, 3.8) is 0 Å². The first-order valence-corrected chi connectivity index (χ1v) is 12.6. The van der Waals surface area contributed by atoms with E-state index in [0.717, 1.165) is 15.6 Å². The molecule has 10 heteroatoms. The van der Waals surface area contributed by atoms with Gasteiger partial charge < -0.3 is 9.47 Å². The number of aryl methyl sites for hydroxylation is 1. The van der Waals surface area contributed by atoms with Crippen molar-refractivity contribution in [1.29, 1.82) is 0 Å². The van der Waals surface area contributed by atoms with E-state index in [1.165, 1.54) is 42.9 Å². The molecule has 0 unspecified atom stereocenters. The Bertz CT molecular complexity index is 1500. The van der Waals surface area contributed by atoms with E-state index in [2.05, 4.69) is 9.93 Å². The van der Waals surface area contributed by atoms with Crippen molar-refractivity contribution in [2.75, 3.05) is 7.11 Å². The topological polar surface area (TPSA) is 94.1 Å². The molecule has 1 aromatic heterocycles. The van der Waals surface area contributed by atoms with Crippen LogP contribution in [0.3, 0.4) is 0 Å². The number of nitrogens with one attached hydrogen (secondary N) is 1. The number of rotatable bonds is 7. The van der Waals surface area contributed by atoms with E-state index in [1.807, 2.05) is 31.2 Å². The SMILES string of the molecule is COc1cc(C=NNS(=O)(=O)c2ccc(C)cc2)ccc1OC(=O)c1sc2ccccc2c1Cl. The van der Waals surface area contributed by atoms with Crippen molar-refractivity contribution in [3.8, 4) is 11.5 Å². The predicted molar refractivity (Wildman–Crippen MR) is 134 cm³/mol. The van der Waals surface area contributed by atoms with Crippen LogP contribution in [0.5, 0.6) is 11.5 Å². The van der Waals surface area contributed by atoms with Gasteiger partial charge >= 0.3 is 5.97 Å². The fourth-order valence-corrected chi connectivity index (χ4v) is 5.26. The Balaban J connectivity index is 1.49. The Hall–Kier alpha value is -3.40. The molecule has 0 bridgehead atoms. The van der Waals surface area contributed by atoms with Gasteiger partial charge in [-0.05, 0) is 48.9 Å². The summed E-state index contributed by atoms with van der Waals surface area (Å²) in [6.45, 7) is 1.87. The monoisotopic (exact) mass is 514 g/mol. The van der Waals surface area contributed by atoms with Crippen LogP contribution in [0.4, 0.5) is 0 Å². The predicted octanol–water partition coefficient (Wildman–Crippen LogP) is 5.40. The van der Waals surface area contributed by atoms with Crippen molar-refractivity contribution >= 4 is 55.2 Å². The molecule has 3 aromatic carbocycles. The molecule has 4 rings (SSSR count). The normalized spacial score (nSPS) is 11.6. The average Bonchev–Trinajstić information content (AvgIpc) is 3.17. The van der Waals surface area contributed by atoms with E-state index in [0.29, 0.717) is 15.5 Å². The summed E-state index contributed by atoms with van der Waals surface area (Å²) in [5, 5.41) is 4.95. The lowest BCUT2D eigenvalue weighted by Crippen LogP contribution is -2.18. The number of ether oxygens (including phenoxy) is 2. The van der Waals surface area contributed by atoms with Crippen LogP contribution in [-0.4, -0.2) is 27.7 Å². The molecule has 0 aliphatic rings. The van der Waals surface area contributed by atoms with E-state index < -0.39 is 16.0 Å². The van der Waals surface area contributed by atoms with Crippen molar-refractivity contribution in [1.82, 2.24) is 4.83 Å². The number of fused-ring (bicyclic) bond motifs is 1. The summed E-state index contributed by atoms with van der Waals surface area (Å²) in [5.74, 6) is -0.133. The maximum absolute atomic E-state index is 12.7. The number of sulfonamides is 1. The van der Waals surface area contributed by atoms with Gasteiger partial charge in [-0.25, -0.2) is 9.63 Å². The van der Waals surface area contributed by atoms with Crippen molar-refractivity contribution in [3.05, 3.63) is 87.8 Å². The third kappa shape index (κ3) is 5.06. The highest BCUT2D eigenvalue weighted by Gasteiger charge is 2.20. The first kappa shape index (κ1) is 23.7. The van der Waals surface area contributed by atoms with Gasteiger partial charge in [0.05, 0.1) is 23.2 Å². The van der Waals surface area contributed by atoms with Crippen LogP contribution in [0.15, 0.2) is 76.7 Å². The molecule has 7 nitrogen and oxygen atoms in total. The summed E-state index contributed by atoms with van der Waals surface area (Å²) < 4.78 is 36.4. The molecule has 0 fully saturated rings. The molecule has 4 aromatic rings. The maximum atomic E-state index is 12.7. The second kappa shape index (κ2) is 9.84. The Kier molecular flexibility index (Phi) is 6.87. The summed E-state index contributed by atoms with van der Waals surface area (Å²) in [4.78, 5) is 15.3. The van der Waals surface area contributed by atoms with Gasteiger partial charge in [0.25, 0.3) is 10.0 Å². The second-order valence-electron chi connectivity index (χ2n) is 7.21. The van der Waals surface area contributed by atoms with Gasteiger partial charge in [0.1, 0.15) is 4.88 Å². The Morgan fingerprint density at radius 2 is 1.79 bits per heavy atom. The molecular formula is C24H19ClN2O5S2. The van der Waals surface area contributed by atoms with Crippen LogP contribution in [0.1, 0.15) is 20.8 Å². The van der Waals surface area contributed by atoms with Crippen LogP contribution in [-0.2, 0) is 10.0 Å². The molecule has 0 amide bonds. The van der Waals surface area contributed by atoms with Crippen LogP contribution < -0.4 is 14.3 Å². The zero-order valence-corrected chi connectivity index (χ0v) is 20.5. The molecule has 0 spiro atoms. The van der Waals surface area contributed by atoms with E-state index in [-0.39, 0.29) is 16.4 Å². The fourth-order valence-electron chi connectivity index (χ4n) is 3.08. The van der Waals surface area contributed by atoms with Gasteiger partial charge in [0, 0.05) is 10.1 Å². The Morgan fingerprint density at radius 3 is 2.50 bits per heavy atom. The highest BCUT2D eigenvalue weighted by Crippen LogP contribution is 2.37. The largest absolute Gasteiger partial charge is 0.493 e. The van der Waals surface area contributed by atoms with Crippen LogP contribution in [0, 0.1) is 6.92 Å². The number of hydrogen-bond donors (Lipinski definition) is 1. The number of nitrogens with zero attached hydrogens (tertiary/aromatic N) is 1. The number of methoxy groups -OCH3 is 1. The molecular weight excluding hydrogens is 496 g/mol. The van der Waals surface area contributed by atoms with E-state index >= 15 is 0 Å². The number of halogens is 1. The Labute approximate surface area is 205 Å². The lowest BCUT2D eigenvalue weighted by atomic mass is 10.2. The van der Waals surface area contributed by atoms with Crippen molar-refractivity contribution in [2.24, 2.45) is 5.10 Å². The summed E-state index contributed by atoms with van der Waals surface area (Å²) >= 11 is 7.61. The summed E-state index contributed by atoms with van der Waals surface area (Å²) in [6, 6.07) is 18.6. The van der Waals surface area contributed by atoms with Gasteiger partial charge in [-0.3, -0.25) is 0 Å². The number of hydrazone groups is 1. The smallest absolute Gasteiger partial charge is 0.355 e. The van der Waals surface area contributed by atoms with Crippen molar-refractivity contribution < 1.29 is 22.7 Å². The summed E-state index contributed by atoms with van der Waals surface area (Å²) in [7, 11) is -2.36. The van der Waals surface area contributed by atoms with E-state index in [4.69, 9.17) is 21.1 Å². The van der Waals surface area contributed by atoms with Crippen LogP contribution in [0.2, 0.25) is 5.02 Å². The molecule has 0 aliphatic heterocycles. The molecule has 0 saturated carbocycles. The van der Waals surface area contributed by atoms with Gasteiger partial charge in [-0.15, -0.1) is 11.3 Å². The lowest BCUT2D eigenvalue weighted by Gasteiger charge is -2.09. The number of carbonyl (C=O) groups excluding carboxylic acids is 1. The van der Waals surface area contributed by atoms with E-state index in [1.54, 1.807) is 24.3 Å². The molecule has 1 N–H and O–H groups in total. The van der Waals surface area contributed by atoms with Crippen LogP contribution >= 0.6 is 22.9 Å². The highest BCUT2D eigenvalue weighted by molar-refractivity contribution is 7.89. The number of hydrogen-bond acceptors (Lipinski definition) is 7. The van der Waals surface area contributed by atoms with Crippen LogP contribution in [0.25, 0.3) is 10.1 Å². The first-order chi connectivity index (χ1) is 16.3. The fraction of sp³-hybridized carbons (Fsp3) is 0.0833. The second-order valence-corrected chi connectivity index (χ2v) is 10.3. The third-order valence-electron chi connectivity index (χ3n) is 4.83. The zero-order valence-electron chi connectivity index (χ0n) is 18.1. The zero-order chi connectivity index (χ0) is 24.3. The molecule has 0 radical (unpaired) electrons. The number of carbonyl (C=O) groups is 1. The minimum absolute atomic E-state index is 0.106. The third-order valence-corrected chi connectivity index (χ3v) is 7.72. The number of thiophene rings is 1. The quantitative estimate of drug-likeness (QED) is 0.154. The maximum Gasteiger partial charge on any atom is 0.355 e. The van der Waals surface area contributed by atoms with E-state index in [9.17, 15) is 13.2 Å². The van der Waals surface area contributed by atoms with Crippen molar-refractivity contribution in [2.45, 2.75) is 11.8 Å². The molecule has 174 valence electrons. The first-order valence-electron chi connectivity index (χ1n) is 9.97. The van der Waals surface area contributed by atoms with Gasteiger partial charge in [-0.2, -0.15) is 13.5 Å². The van der Waals surface area contributed by atoms with Gasteiger partial charge in [0.15, 0.2) is 11.5 Å². The minimum Gasteiger partial charge on any atom is -0.493 e. The van der Waals surface area contributed by atoms with Gasteiger partial charge in [-0.1, -0.05) is 47.5 Å². The van der Waals surface area contributed by atoms with Gasteiger partial charge in [0.2, 0.25) is 0 Å². The number of esters is 1.